The Morgan fingerprint density at radius 3 is 1.75 bits per heavy atom. The van der Waals surface area contributed by atoms with Gasteiger partial charge in [-0.2, -0.15) is 0 Å². The summed E-state index contributed by atoms with van der Waals surface area (Å²) in [4.78, 5) is 13.0. The second-order valence-corrected chi connectivity index (χ2v) is 5.53. The Bertz CT molecular complexity index is 841. The second kappa shape index (κ2) is 9.55. The lowest BCUT2D eigenvalue weighted by Crippen LogP contribution is -2.06. The lowest BCUT2D eigenvalue weighted by atomic mass is 10.0. The summed E-state index contributed by atoms with van der Waals surface area (Å²) in [5.41, 5.74) is 0.877. The zero-order valence-electron chi connectivity index (χ0n) is 16.8. The highest BCUT2D eigenvalue weighted by atomic mass is 16.5. The van der Waals surface area contributed by atoms with Gasteiger partial charge in [-0.25, -0.2) is 0 Å². The predicted octanol–water partition coefficient (Wildman–Crippen LogP) is 3.63. The van der Waals surface area contributed by atoms with Gasteiger partial charge in [0.05, 0.1) is 42.7 Å². The molecule has 0 atom stereocenters. The van der Waals surface area contributed by atoms with E-state index in [0.717, 1.165) is 0 Å². The Balaban J connectivity index is 2.56. The summed E-state index contributed by atoms with van der Waals surface area (Å²) in [6.07, 6.45) is 3.03. The predicted molar refractivity (Wildman–Crippen MR) is 106 cm³/mol. The van der Waals surface area contributed by atoms with E-state index in [1.54, 1.807) is 44.6 Å². The zero-order chi connectivity index (χ0) is 20.7. The molecule has 0 bridgehead atoms. The van der Waals surface area contributed by atoms with Crippen LogP contribution in [0.25, 0.3) is 6.08 Å². The first-order valence-corrected chi connectivity index (χ1v) is 8.35. The molecule has 0 aliphatic rings. The minimum atomic E-state index is -0.351. The Morgan fingerprint density at radius 1 is 0.714 bits per heavy atom. The van der Waals surface area contributed by atoms with Gasteiger partial charge in [-0.1, -0.05) is 0 Å². The molecule has 0 saturated carbocycles. The third-order valence-electron chi connectivity index (χ3n) is 4.11. The average molecular weight is 388 g/mol. The fourth-order valence-electron chi connectivity index (χ4n) is 2.75. The number of benzene rings is 2. The molecular formula is C21H24O7. The van der Waals surface area contributed by atoms with Crippen molar-refractivity contribution in [2.24, 2.45) is 0 Å². The maximum Gasteiger partial charge on any atom is 0.193 e. The highest BCUT2D eigenvalue weighted by Crippen LogP contribution is 2.44. The van der Waals surface area contributed by atoms with Gasteiger partial charge in [0.2, 0.25) is 0 Å². The van der Waals surface area contributed by atoms with Gasteiger partial charge in [0.25, 0.3) is 0 Å². The molecule has 0 amide bonds. The molecule has 0 saturated heterocycles. The molecule has 2 rings (SSSR count). The third-order valence-corrected chi connectivity index (χ3v) is 4.11. The number of ether oxygens (including phenoxy) is 6. The van der Waals surface area contributed by atoms with E-state index in [1.165, 1.54) is 34.5 Å². The standard InChI is InChI=1S/C21H24O7/c1-23-14-8-10-16(24-2)13(11-14)7-9-15(22)19-20(27-5)17(25-3)12-18(26-4)21(19)28-6/h7-12H,1-6H3/b9-7+. The van der Waals surface area contributed by atoms with Crippen LogP contribution in [0.1, 0.15) is 15.9 Å². The van der Waals surface area contributed by atoms with Crippen LogP contribution in [0.5, 0.6) is 34.5 Å². The van der Waals surface area contributed by atoms with Crippen LogP contribution < -0.4 is 28.4 Å². The summed E-state index contributed by atoms with van der Waals surface area (Å²) in [5.74, 6) is 2.13. The number of allylic oxidation sites excluding steroid dienone is 1. The Labute approximate surface area is 164 Å². The van der Waals surface area contributed by atoms with E-state index in [1.807, 2.05) is 0 Å². The van der Waals surface area contributed by atoms with Crippen molar-refractivity contribution in [3.8, 4) is 34.5 Å². The summed E-state index contributed by atoms with van der Waals surface area (Å²) in [5, 5.41) is 0. The number of hydrogen-bond donors (Lipinski definition) is 0. The SMILES string of the molecule is COc1ccc(OC)c(/C=C/C(=O)c2c(OC)c(OC)cc(OC)c2OC)c1. The first-order chi connectivity index (χ1) is 13.5. The Morgan fingerprint density at radius 2 is 1.29 bits per heavy atom. The third kappa shape index (κ3) is 4.14. The number of rotatable bonds is 9. The molecule has 28 heavy (non-hydrogen) atoms. The molecule has 150 valence electrons. The van der Waals surface area contributed by atoms with Crippen LogP contribution in [-0.4, -0.2) is 48.4 Å². The quantitative estimate of drug-likeness (QED) is 0.480. The topological polar surface area (TPSA) is 72.5 Å². The smallest absolute Gasteiger partial charge is 0.193 e. The van der Waals surface area contributed by atoms with Gasteiger partial charge in [0, 0.05) is 11.6 Å². The van der Waals surface area contributed by atoms with Crippen LogP contribution in [0.15, 0.2) is 30.3 Å². The van der Waals surface area contributed by atoms with E-state index in [9.17, 15) is 4.79 Å². The minimum absolute atomic E-state index is 0.194. The molecule has 2 aromatic carbocycles. The maximum absolute atomic E-state index is 13.0. The van der Waals surface area contributed by atoms with Crippen molar-refractivity contribution in [3.05, 3.63) is 41.5 Å². The number of methoxy groups -OCH3 is 6. The van der Waals surface area contributed by atoms with Crippen molar-refractivity contribution in [2.75, 3.05) is 42.7 Å². The van der Waals surface area contributed by atoms with Crippen molar-refractivity contribution in [3.63, 3.8) is 0 Å². The lowest BCUT2D eigenvalue weighted by Gasteiger charge is -2.17. The number of carbonyl (C=O) groups is 1. The van der Waals surface area contributed by atoms with Gasteiger partial charge in [-0.05, 0) is 30.4 Å². The van der Waals surface area contributed by atoms with E-state index in [2.05, 4.69) is 0 Å². The van der Waals surface area contributed by atoms with E-state index in [0.29, 0.717) is 28.6 Å². The molecule has 0 spiro atoms. The molecule has 7 nitrogen and oxygen atoms in total. The molecule has 0 heterocycles. The summed E-state index contributed by atoms with van der Waals surface area (Å²) >= 11 is 0. The minimum Gasteiger partial charge on any atom is -0.497 e. The van der Waals surface area contributed by atoms with Crippen LogP contribution >= 0.6 is 0 Å². The van der Waals surface area contributed by atoms with Gasteiger partial charge in [0.15, 0.2) is 28.8 Å². The zero-order valence-corrected chi connectivity index (χ0v) is 16.8. The Hall–Kier alpha value is -3.35. The monoisotopic (exact) mass is 388 g/mol. The number of hydrogen-bond acceptors (Lipinski definition) is 7. The van der Waals surface area contributed by atoms with Crippen molar-refractivity contribution >= 4 is 11.9 Å². The first kappa shape index (κ1) is 21.0. The maximum atomic E-state index is 13.0. The molecular weight excluding hydrogens is 364 g/mol. The summed E-state index contributed by atoms with van der Waals surface area (Å²) in [7, 11) is 8.99. The fourth-order valence-corrected chi connectivity index (χ4v) is 2.75. The van der Waals surface area contributed by atoms with Crippen molar-refractivity contribution in [1.82, 2.24) is 0 Å². The Kier molecular flexibility index (Phi) is 7.14. The molecule has 0 aliphatic heterocycles. The van der Waals surface area contributed by atoms with Crippen molar-refractivity contribution < 1.29 is 33.2 Å². The van der Waals surface area contributed by atoms with E-state index < -0.39 is 0 Å². The molecule has 0 radical (unpaired) electrons. The first-order valence-electron chi connectivity index (χ1n) is 8.35. The van der Waals surface area contributed by atoms with Crippen LogP contribution in [0, 0.1) is 0 Å². The van der Waals surface area contributed by atoms with Crippen LogP contribution in [0.2, 0.25) is 0 Å². The molecule has 0 aliphatic carbocycles. The van der Waals surface area contributed by atoms with Gasteiger partial charge >= 0.3 is 0 Å². The van der Waals surface area contributed by atoms with Gasteiger partial charge in [-0.3, -0.25) is 4.79 Å². The molecule has 0 fully saturated rings. The second-order valence-electron chi connectivity index (χ2n) is 5.53. The fraction of sp³-hybridized carbons (Fsp3) is 0.286. The van der Waals surface area contributed by atoms with Gasteiger partial charge < -0.3 is 28.4 Å². The summed E-state index contributed by atoms with van der Waals surface area (Å²) in [6.45, 7) is 0. The van der Waals surface area contributed by atoms with Crippen LogP contribution in [0.3, 0.4) is 0 Å². The number of ketones is 1. The highest BCUT2D eigenvalue weighted by molar-refractivity contribution is 6.11. The summed E-state index contributed by atoms with van der Waals surface area (Å²) in [6, 6.07) is 6.90. The van der Waals surface area contributed by atoms with Gasteiger partial charge in [0.1, 0.15) is 17.1 Å². The summed E-state index contributed by atoms with van der Waals surface area (Å²) < 4.78 is 32.0. The van der Waals surface area contributed by atoms with Crippen molar-refractivity contribution in [2.45, 2.75) is 0 Å². The van der Waals surface area contributed by atoms with Gasteiger partial charge in [-0.15, -0.1) is 0 Å². The molecule has 0 unspecified atom stereocenters. The van der Waals surface area contributed by atoms with Crippen molar-refractivity contribution in [1.29, 1.82) is 0 Å². The normalized spacial score (nSPS) is 10.5. The van der Waals surface area contributed by atoms with E-state index in [-0.39, 0.29) is 22.8 Å². The van der Waals surface area contributed by atoms with E-state index >= 15 is 0 Å². The molecule has 7 heteroatoms. The highest BCUT2D eigenvalue weighted by Gasteiger charge is 2.25. The largest absolute Gasteiger partial charge is 0.497 e. The molecule has 0 N–H and O–H groups in total. The lowest BCUT2D eigenvalue weighted by molar-refractivity contribution is 0.104. The molecule has 0 aromatic heterocycles. The average Bonchev–Trinajstić information content (AvgIpc) is 2.75. The molecule has 2 aromatic rings. The van der Waals surface area contributed by atoms with E-state index in [4.69, 9.17) is 28.4 Å². The van der Waals surface area contributed by atoms with Crippen LogP contribution in [0.4, 0.5) is 0 Å². The number of carbonyl (C=O) groups excluding carboxylic acids is 1. The van der Waals surface area contributed by atoms with Crippen LogP contribution in [-0.2, 0) is 0 Å².